The number of carbonyl (C=O) groups excluding carboxylic acids is 1. The van der Waals surface area contributed by atoms with Crippen molar-refractivity contribution in [3.8, 4) is 0 Å². The van der Waals surface area contributed by atoms with Crippen LogP contribution in [0.3, 0.4) is 0 Å². The van der Waals surface area contributed by atoms with E-state index >= 15 is 0 Å². The predicted molar refractivity (Wildman–Crippen MR) is 64.2 cm³/mol. The van der Waals surface area contributed by atoms with Gasteiger partial charge in [0, 0.05) is 6.54 Å². The number of carboxylic acids is 1. The van der Waals surface area contributed by atoms with Crippen molar-refractivity contribution in [1.82, 2.24) is 10.6 Å². The Kier molecular flexibility index (Phi) is 3.87. The van der Waals surface area contributed by atoms with Crippen LogP contribution in [-0.2, 0) is 14.3 Å². The van der Waals surface area contributed by atoms with Crippen LogP contribution in [0.25, 0.3) is 0 Å². The van der Waals surface area contributed by atoms with Crippen molar-refractivity contribution < 1.29 is 19.4 Å². The van der Waals surface area contributed by atoms with E-state index in [4.69, 9.17) is 9.84 Å². The van der Waals surface area contributed by atoms with Crippen molar-refractivity contribution in [2.75, 3.05) is 13.1 Å². The quantitative estimate of drug-likeness (QED) is 0.652. The molecule has 2 heterocycles. The summed E-state index contributed by atoms with van der Waals surface area (Å²) in [6.07, 6.45) is 2.15. The van der Waals surface area contributed by atoms with Gasteiger partial charge in [-0.25, -0.2) is 4.79 Å². The Balaban J connectivity index is 1.75. The highest BCUT2D eigenvalue weighted by atomic mass is 16.5. The Morgan fingerprint density at radius 3 is 2.83 bits per heavy atom. The largest absolute Gasteiger partial charge is 0.479 e. The smallest absolute Gasteiger partial charge is 0.332 e. The lowest BCUT2D eigenvalue weighted by atomic mass is 9.99. The molecule has 0 aromatic carbocycles. The van der Waals surface area contributed by atoms with Crippen molar-refractivity contribution in [2.24, 2.45) is 0 Å². The second kappa shape index (κ2) is 5.24. The lowest BCUT2D eigenvalue weighted by molar-refractivity contribution is -0.149. The Labute approximate surface area is 106 Å². The zero-order chi connectivity index (χ0) is 13.2. The Bertz CT molecular complexity index is 339. The van der Waals surface area contributed by atoms with Crippen LogP contribution in [0.2, 0.25) is 0 Å². The lowest BCUT2D eigenvalue weighted by Crippen LogP contribution is -2.52. The second-order valence-electron chi connectivity index (χ2n) is 5.23. The third-order valence-corrected chi connectivity index (χ3v) is 3.74. The van der Waals surface area contributed by atoms with Crippen LogP contribution < -0.4 is 10.6 Å². The molecule has 102 valence electrons. The molecule has 3 unspecified atom stereocenters. The van der Waals surface area contributed by atoms with Crippen LogP contribution in [-0.4, -0.2) is 47.8 Å². The van der Waals surface area contributed by atoms with Crippen LogP contribution in [0.15, 0.2) is 0 Å². The number of carboxylic acid groups (broad SMARTS) is 1. The fourth-order valence-electron chi connectivity index (χ4n) is 2.53. The molecule has 0 bridgehead atoms. The molecule has 0 aromatic rings. The highest BCUT2D eigenvalue weighted by Gasteiger charge is 2.37. The van der Waals surface area contributed by atoms with E-state index in [2.05, 4.69) is 10.6 Å². The van der Waals surface area contributed by atoms with E-state index in [1.54, 1.807) is 0 Å². The zero-order valence-corrected chi connectivity index (χ0v) is 10.6. The van der Waals surface area contributed by atoms with E-state index in [1.807, 2.05) is 6.92 Å². The fourth-order valence-corrected chi connectivity index (χ4v) is 2.53. The molecule has 1 amide bonds. The van der Waals surface area contributed by atoms with Crippen LogP contribution in [0, 0.1) is 0 Å². The molecule has 0 aromatic heterocycles. The lowest BCUT2D eigenvalue weighted by Gasteiger charge is -2.24. The third-order valence-electron chi connectivity index (χ3n) is 3.74. The normalized spacial score (nSPS) is 35.6. The number of amides is 1. The highest BCUT2D eigenvalue weighted by Crippen LogP contribution is 2.21. The van der Waals surface area contributed by atoms with Gasteiger partial charge in [0.2, 0.25) is 5.91 Å². The average molecular weight is 256 g/mol. The molecular formula is C12H20N2O4. The van der Waals surface area contributed by atoms with E-state index in [-0.39, 0.29) is 12.0 Å². The molecular weight excluding hydrogens is 236 g/mol. The molecule has 2 rings (SSSR count). The molecule has 3 atom stereocenters. The molecule has 6 heteroatoms. The molecule has 2 fully saturated rings. The van der Waals surface area contributed by atoms with Gasteiger partial charge in [0.15, 0.2) is 6.10 Å². The molecule has 6 nitrogen and oxygen atoms in total. The number of nitrogens with one attached hydrogen (secondary N) is 2. The van der Waals surface area contributed by atoms with Gasteiger partial charge in [0.1, 0.15) is 0 Å². The summed E-state index contributed by atoms with van der Waals surface area (Å²) in [5.74, 6) is -0.948. The SMILES string of the molecule is CC1(C(=O)NCC2CCC(C(=O)O)O2)CCCN1. The van der Waals surface area contributed by atoms with Gasteiger partial charge in [-0.05, 0) is 39.2 Å². The monoisotopic (exact) mass is 256 g/mol. The second-order valence-corrected chi connectivity index (χ2v) is 5.23. The molecule has 0 radical (unpaired) electrons. The number of carbonyl (C=O) groups is 2. The molecule has 0 aliphatic carbocycles. The van der Waals surface area contributed by atoms with E-state index in [0.29, 0.717) is 19.4 Å². The summed E-state index contributed by atoms with van der Waals surface area (Å²) >= 11 is 0. The summed E-state index contributed by atoms with van der Waals surface area (Å²) < 4.78 is 5.33. The molecule has 0 spiro atoms. The first-order chi connectivity index (χ1) is 8.51. The van der Waals surface area contributed by atoms with Crippen molar-refractivity contribution in [3.05, 3.63) is 0 Å². The minimum absolute atomic E-state index is 0.0256. The standard InChI is InChI=1S/C12H20N2O4/c1-12(5-2-6-14-12)11(17)13-7-8-3-4-9(18-8)10(15)16/h8-9,14H,2-7H2,1H3,(H,13,17)(H,15,16). The third kappa shape index (κ3) is 2.81. The molecule has 2 aliphatic heterocycles. The van der Waals surface area contributed by atoms with Gasteiger partial charge >= 0.3 is 5.97 Å². The van der Waals surface area contributed by atoms with Gasteiger partial charge in [-0.2, -0.15) is 0 Å². The van der Waals surface area contributed by atoms with E-state index < -0.39 is 17.6 Å². The summed E-state index contributed by atoms with van der Waals surface area (Å²) in [6.45, 7) is 3.15. The molecule has 2 aliphatic rings. The van der Waals surface area contributed by atoms with E-state index in [9.17, 15) is 9.59 Å². The van der Waals surface area contributed by atoms with Gasteiger partial charge in [0.25, 0.3) is 0 Å². The Morgan fingerprint density at radius 2 is 2.28 bits per heavy atom. The highest BCUT2D eigenvalue weighted by molar-refractivity contribution is 5.86. The summed E-state index contributed by atoms with van der Waals surface area (Å²) in [4.78, 5) is 22.7. The number of ether oxygens (including phenoxy) is 1. The minimum Gasteiger partial charge on any atom is -0.479 e. The van der Waals surface area contributed by atoms with Crippen molar-refractivity contribution >= 4 is 11.9 Å². The average Bonchev–Trinajstić information content (AvgIpc) is 2.95. The predicted octanol–water partition coefficient (Wildman–Crippen LogP) is -0.123. The van der Waals surface area contributed by atoms with Gasteiger partial charge in [-0.3, -0.25) is 4.79 Å². The molecule has 0 saturated carbocycles. The zero-order valence-electron chi connectivity index (χ0n) is 10.6. The number of rotatable bonds is 4. The maximum atomic E-state index is 12.0. The van der Waals surface area contributed by atoms with Crippen LogP contribution in [0.4, 0.5) is 0 Å². The summed E-state index contributed by atoms with van der Waals surface area (Å²) in [7, 11) is 0. The minimum atomic E-state index is -0.923. The summed E-state index contributed by atoms with van der Waals surface area (Å²) in [5.41, 5.74) is -0.481. The van der Waals surface area contributed by atoms with Gasteiger partial charge in [-0.15, -0.1) is 0 Å². The first kappa shape index (κ1) is 13.3. The molecule has 18 heavy (non-hydrogen) atoms. The number of hydrogen-bond acceptors (Lipinski definition) is 4. The molecule has 2 saturated heterocycles. The van der Waals surface area contributed by atoms with E-state index in [1.165, 1.54) is 0 Å². The van der Waals surface area contributed by atoms with Crippen LogP contribution in [0.5, 0.6) is 0 Å². The maximum absolute atomic E-state index is 12.0. The van der Waals surface area contributed by atoms with Gasteiger partial charge in [0.05, 0.1) is 11.6 Å². The van der Waals surface area contributed by atoms with Gasteiger partial charge < -0.3 is 20.5 Å². The van der Waals surface area contributed by atoms with E-state index in [0.717, 1.165) is 19.4 Å². The summed E-state index contributed by atoms with van der Waals surface area (Å²) in [5, 5.41) is 14.8. The van der Waals surface area contributed by atoms with Gasteiger partial charge in [-0.1, -0.05) is 0 Å². The fraction of sp³-hybridized carbons (Fsp3) is 0.833. The Morgan fingerprint density at radius 1 is 1.50 bits per heavy atom. The van der Waals surface area contributed by atoms with Crippen molar-refractivity contribution in [1.29, 1.82) is 0 Å². The van der Waals surface area contributed by atoms with Crippen molar-refractivity contribution in [3.63, 3.8) is 0 Å². The first-order valence-electron chi connectivity index (χ1n) is 6.43. The number of aliphatic carboxylic acids is 1. The topological polar surface area (TPSA) is 87.7 Å². The maximum Gasteiger partial charge on any atom is 0.332 e. The molecule has 3 N–H and O–H groups in total. The van der Waals surface area contributed by atoms with Crippen molar-refractivity contribution in [2.45, 2.75) is 50.4 Å². The van der Waals surface area contributed by atoms with Crippen LogP contribution >= 0.6 is 0 Å². The summed E-state index contributed by atoms with van der Waals surface area (Å²) in [6, 6.07) is 0. The van der Waals surface area contributed by atoms with Crippen LogP contribution in [0.1, 0.15) is 32.6 Å². The first-order valence-corrected chi connectivity index (χ1v) is 6.43. The number of hydrogen-bond donors (Lipinski definition) is 3. The Hall–Kier alpha value is -1.14.